The van der Waals surface area contributed by atoms with E-state index < -0.39 is 0 Å². The van der Waals surface area contributed by atoms with Gasteiger partial charge in [0.25, 0.3) is 5.89 Å². The van der Waals surface area contributed by atoms with Crippen LogP contribution < -0.4 is 10.1 Å². The molecule has 146 valence electrons. The highest BCUT2D eigenvalue weighted by Crippen LogP contribution is 2.34. The lowest BCUT2D eigenvalue weighted by atomic mass is 9.85. The number of rotatable bonds is 6. The highest BCUT2D eigenvalue weighted by Gasteiger charge is 2.27. The Balaban J connectivity index is 1.65. The van der Waals surface area contributed by atoms with E-state index in [1.54, 1.807) is 7.11 Å². The van der Waals surface area contributed by atoms with E-state index >= 15 is 0 Å². The summed E-state index contributed by atoms with van der Waals surface area (Å²) in [6.45, 7) is 4.07. The number of nitrogens with zero attached hydrogens (tertiary/aromatic N) is 2. The van der Waals surface area contributed by atoms with Crippen molar-refractivity contribution in [3.63, 3.8) is 0 Å². The molecule has 0 saturated heterocycles. The van der Waals surface area contributed by atoms with Crippen LogP contribution in [0.1, 0.15) is 54.7 Å². The molecule has 0 spiro atoms. The first-order valence-corrected chi connectivity index (χ1v) is 10.0. The topological polar surface area (TPSA) is 60.2 Å². The highest BCUT2D eigenvalue weighted by molar-refractivity contribution is 5.54. The molecule has 1 aliphatic rings. The Bertz CT molecular complexity index is 933. The second-order valence-corrected chi connectivity index (χ2v) is 7.48. The van der Waals surface area contributed by atoms with Crippen LogP contribution in [0, 0.1) is 6.92 Å². The van der Waals surface area contributed by atoms with Crippen molar-refractivity contribution in [2.75, 3.05) is 7.11 Å². The molecular weight excluding hydrogens is 350 g/mol. The van der Waals surface area contributed by atoms with Gasteiger partial charge in [0.1, 0.15) is 5.75 Å². The Morgan fingerprint density at radius 2 is 2.00 bits per heavy atom. The summed E-state index contributed by atoms with van der Waals surface area (Å²) < 4.78 is 10.7. The van der Waals surface area contributed by atoms with Crippen molar-refractivity contribution in [3.05, 3.63) is 65.0 Å². The van der Waals surface area contributed by atoms with Crippen LogP contribution in [0.5, 0.6) is 5.75 Å². The average Bonchev–Trinajstić information content (AvgIpc) is 3.17. The Morgan fingerprint density at radius 1 is 1.18 bits per heavy atom. The van der Waals surface area contributed by atoms with Gasteiger partial charge < -0.3 is 14.6 Å². The predicted molar refractivity (Wildman–Crippen MR) is 109 cm³/mol. The molecule has 2 aromatic carbocycles. The first-order valence-electron chi connectivity index (χ1n) is 10.0. The Morgan fingerprint density at radius 3 is 2.68 bits per heavy atom. The first kappa shape index (κ1) is 18.7. The lowest BCUT2D eigenvalue weighted by Crippen LogP contribution is -2.39. The normalized spacial score (nSPS) is 18.7. The number of nitrogens with one attached hydrogen (secondary N) is 1. The largest absolute Gasteiger partial charge is 0.497 e. The van der Waals surface area contributed by atoms with Gasteiger partial charge in [0.15, 0.2) is 5.82 Å². The van der Waals surface area contributed by atoms with Crippen LogP contribution in [-0.2, 0) is 6.42 Å². The van der Waals surface area contributed by atoms with E-state index in [0.717, 1.165) is 17.7 Å². The van der Waals surface area contributed by atoms with Gasteiger partial charge in [-0.1, -0.05) is 43.1 Å². The molecule has 2 heterocycles. The minimum atomic E-state index is 0.176. The van der Waals surface area contributed by atoms with Crippen LogP contribution in [0.15, 0.2) is 47.0 Å². The SMILES string of the molecule is CCCC[C@H]1Cc2cc(OC)ccc2[C@H](c2ccc(-c3nc(C)no3)cc2)N1. The van der Waals surface area contributed by atoms with E-state index in [4.69, 9.17) is 9.26 Å². The fourth-order valence-corrected chi connectivity index (χ4v) is 3.96. The second kappa shape index (κ2) is 8.15. The van der Waals surface area contributed by atoms with Crippen molar-refractivity contribution in [1.82, 2.24) is 15.5 Å². The number of benzene rings is 2. The summed E-state index contributed by atoms with van der Waals surface area (Å²) in [5, 5.41) is 7.75. The molecule has 2 atom stereocenters. The molecule has 5 heteroatoms. The monoisotopic (exact) mass is 377 g/mol. The summed E-state index contributed by atoms with van der Waals surface area (Å²) in [6, 6.07) is 15.5. The number of fused-ring (bicyclic) bond motifs is 1. The summed E-state index contributed by atoms with van der Waals surface area (Å²) in [5.41, 5.74) is 4.89. The zero-order valence-corrected chi connectivity index (χ0v) is 16.7. The molecule has 0 fully saturated rings. The van der Waals surface area contributed by atoms with E-state index in [-0.39, 0.29) is 6.04 Å². The first-order chi connectivity index (χ1) is 13.7. The van der Waals surface area contributed by atoms with Gasteiger partial charge in [0.05, 0.1) is 13.2 Å². The van der Waals surface area contributed by atoms with Gasteiger partial charge in [-0.15, -0.1) is 0 Å². The lowest BCUT2D eigenvalue weighted by Gasteiger charge is -2.34. The molecule has 1 N–H and O–H groups in total. The summed E-state index contributed by atoms with van der Waals surface area (Å²) in [5.74, 6) is 2.14. The fraction of sp³-hybridized carbons (Fsp3) is 0.391. The summed E-state index contributed by atoms with van der Waals surface area (Å²) in [7, 11) is 1.73. The smallest absolute Gasteiger partial charge is 0.257 e. The molecule has 0 unspecified atom stereocenters. The maximum Gasteiger partial charge on any atom is 0.257 e. The van der Waals surface area contributed by atoms with E-state index in [9.17, 15) is 0 Å². The van der Waals surface area contributed by atoms with Gasteiger partial charge in [-0.3, -0.25) is 0 Å². The molecule has 28 heavy (non-hydrogen) atoms. The fourth-order valence-electron chi connectivity index (χ4n) is 3.96. The molecule has 0 bridgehead atoms. The summed E-state index contributed by atoms with van der Waals surface area (Å²) >= 11 is 0. The van der Waals surface area contributed by atoms with Gasteiger partial charge >= 0.3 is 0 Å². The maximum atomic E-state index is 5.46. The van der Waals surface area contributed by atoms with E-state index in [2.05, 4.69) is 64.8 Å². The van der Waals surface area contributed by atoms with Gasteiger partial charge in [0.2, 0.25) is 0 Å². The van der Waals surface area contributed by atoms with E-state index in [1.165, 1.54) is 36.0 Å². The lowest BCUT2D eigenvalue weighted by molar-refractivity contribution is 0.395. The van der Waals surface area contributed by atoms with Gasteiger partial charge in [-0.05, 0) is 60.7 Å². The molecule has 0 saturated carbocycles. The summed E-state index contributed by atoms with van der Waals surface area (Å²) in [4.78, 5) is 4.32. The molecular formula is C23H27N3O2. The Labute approximate surface area is 166 Å². The van der Waals surface area contributed by atoms with Crippen molar-refractivity contribution in [1.29, 1.82) is 0 Å². The van der Waals surface area contributed by atoms with Gasteiger partial charge in [-0.2, -0.15) is 4.98 Å². The quantitative estimate of drug-likeness (QED) is 0.665. The van der Waals surface area contributed by atoms with Gasteiger partial charge in [0, 0.05) is 11.6 Å². The molecule has 4 rings (SSSR count). The van der Waals surface area contributed by atoms with Crippen molar-refractivity contribution in [3.8, 4) is 17.2 Å². The zero-order chi connectivity index (χ0) is 19.5. The molecule has 3 aromatic rings. The van der Waals surface area contributed by atoms with Crippen molar-refractivity contribution in [2.24, 2.45) is 0 Å². The molecule has 5 nitrogen and oxygen atoms in total. The Hall–Kier alpha value is -2.66. The molecule has 0 radical (unpaired) electrons. The summed E-state index contributed by atoms with van der Waals surface area (Å²) in [6.07, 6.45) is 4.68. The number of hydrogen-bond donors (Lipinski definition) is 1. The molecule has 0 aliphatic carbocycles. The highest BCUT2D eigenvalue weighted by atomic mass is 16.5. The van der Waals surface area contributed by atoms with Crippen molar-refractivity contribution in [2.45, 2.75) is 51.6 Å². The second-order valence-electron chi connectivity index (χ2n) is 7.48. The predicted octanol–water partition coefficient (Wildman–Crippen LogP) is 4.85. The van der Waals surface area contributed by atoms with Crippen molar-refractivity contribution < 1.29 is 9.26 Å². The number of aryl methyl sites for hydroxylation is 1. The van der Waals surface area contributed by atoms with Crippen LogP contribution in [-0.4, -0.2) is 23.3 Å². The Kier molecular flexibility index (Phi) is 5.44. The zero-order valence-electron chi connectivity index (χ0n) is 16.7. The number of methoxy groups -OCH3 is 1. The van der Waals surface area contributed by atoms with E-state index in [1.807, 2.05) is 6.92 Å². The van der Waals surface area contributed by atoms with Gasteiger partial charge in [-0.25, -0.2) is 0 Å². The van der Waals surface area contributed by atoms with Crippen LogP contribution in [0.4, 0.5) is 0 Å². The van der Waals surface area contributed by atoms with Crippen LogP contribution >= 0.6 is 0 Å². The maximum absolute atomic E-state index is 5.46. The molecule has 0 amide bonds. The third-order valence-corrected chi connectivity index (χ3v) is 5.45. The number of ether oxygens (including phenoxy) is 1. The minimum absolute atomic E-state index is 0.176. The molecule has 1 aromatic heterocycles. The average molecular weight is 377 g/mol. The number of hydrogen-bond acceptors (Lipinski definition) is 5. The van der Waals surface area contributed by atoms with E-state index in [0.29, 0.717) is 17.8 Å². The minimum Gasteiger partial charge on any atom is -0.497 e. The van der Waals surface area contributed by atoms with Crippen LogP contribution in [0.25, 0.3) is 11.5 Å². The van der Waals surface area contributed by atoms with Crippen LogP contribution in [0.2, 0.25) is 0 Å². The van der Waals surface area contributed by atoms with Crippen LogP contribution in [0.3, 0.4) is 0 Å². The number of unbranched alkanes of at least 4 members (excludes halogenated alkanes) is 1. The number of aromatic nitrogens is 2. The molecule has 1 aliphatic heterocycles. The third kappa shape index (κ3) is 3.80. The third-order valence-electron chi connectivity index (χ3n) is 5.45. The standard InChI is InChI=1S/C23H27N3O2/c1-4-5-6-19-13-18-14-20(27-3)11-12-21(18)22(25-19)16-7-9-17(10-8-16)23-24-15(2)26-28-23/h7-12,14,19,22,25H,4-6,13H2,1-3H3/t19-,22-/m0/s1. The van der Waals surface area contributed by atoms with Crippen molar-refractivity contribution >= 4 is 0 Å².